The third kappa shape index (κ3) is 5.86. The Labute approximate surface area is 231 Å². The summed E-state index contributed by atoms with van der Waals surface area (Å²) in [6.45, 7) is 16.4. The van der Waals surface area contributed by atoms with E-state index in [0.29, 0.717) is 25.0 Å². The first-order chi connectivity index (χ1) is 18.3. The lowest BCUT2D eigenvalue weighted by atomic mass is 9.44. The van der Waals surface area contributed by atoms with Crippen molar-refractivity contribution in [2.24, 2.45) is 22.7 Å². The van der Waals surface area contributed by atoms with Crippen molar-refractivity contribution in [1.82, 2.24) is 0 Å². The van der Waals surface area contributed by atoms with Crippen molar-refractivity contribution in [2.75, 3.05) is 6.61 Å². The molecule has 0 radical (unpaired) electrons. The Bertz CT molecular complexity index is 1020. The molecule has 9 nitrogen and oxygen atoms in total. The van der Waals surface area contributed by atoms with Gasteiger partial charge in [0, 0.05) is 33.0 Å². The van der Waals surface area contributed by atoms with E-state index in [2.05, 4.69) is 33.4 Å². The Balaban J connectivity index is 2.34. The van der Waals surface area contributed by atoms with Gasteiger partial charge in [-0.2, -0.15) is 0 Å². The SMILES string of the molecule is C=C/C(C)=C/C[C@]1(C)[C@H](C)[C@@H](OCCCC)[C@H](OC(C)=O)[C@@]23C(=C[C@H](O)C[C@@H]12)[C@@H](OC(C)=O)O[C@H]3OC(C)=O. The summed E-state index contributed by atoms with van der Waals surface area (Å²) in [5, 5.41) is 11.1. The van der Waals surface area contributed by atoms with Gasteiger partial charge in [0.2, 0.25) is 12.6 Å². The molecule has 0 amide bonds. The molecular weight excluding hydrogens is 504 g/mol. The molecule has 1 spiro atoms. The third-order valence-corrected chi connectivity index (χ3v) is 8.75. The highest BCUT2D eigenvalue weighted by Crippen LogP contribution is 2.68. The van der Waals surface area contributed by atoms with Crippen LogP contribution in [0.1, 0.15) is 74.1 Å². The molecule has 0 aromatic rings. The summed E-state index contributed by atoms with van der Waals surface area (Å²) in [5.74, 6) is -2.30. The number of ether oxygens (including phenoxy) is 5. The molecule has 0 bridgehead atoms. The number of unbranched alkanes of at least 4 members (excludes halogenated alkanes) is 1. The number of allylic oxidation sites excluding steroid dienone is 3. The number of aliphatic hydroxyl groups excluding tert-OH is 1. The van der Waals surface area contributed by atoms with E-state index < -0.39 is 65.5 Å². The van der Waals surface area contributed by atoms with Crippen molar-refractivity contribution in [2.45, 2.75) is 105 Å². The van der Waals surface area contributed by atoms with Gasteiger partial charge in [0.25, 0.3) is 0 Å². The Morgan fingerprint density at radius 2 is 1.77 bits per heavy atom. The van der Waals surface area contributed by atoms with E-state index in [0.717, 1.165) is 18.4 Å². The second-order valence-corrected chi connectivity index (χ2v) is 11.3. The van der Waals surface area contributed by atoms with Gasteiger partial charge >= 0.3 is 17.9 Å². The molecule has 3 aliphatic rings. The summed E-state index contributed by atoms with van der Waals surface area (Å²) < 4.78 is 30.1. The number of esters is 3. The van der Waals surface area contributed by atoms with Crippen molar-refractivity contribution in [3.05, 3.63) is 36.0 Å². The topological polar surface area (TPSA) is 118 Å². The average Bonchev–Trinajstić information content (AvgIpc) is 3.13. The largest absolute Gasteiger partial charge is 0.459 e. The Hall–Kier alpha value is -2.49. The van der Waals surface area contributed by atoms with Gasteiger partial charge in [0.15, 0.2) is 0 Å². The zero-order valence-electron chi connectivity index (χ0n) is 24.2. The molecule has 2 fully saturated rings. The average molecular weight is 549 g/mol. The van der Waals surface area contributed by atoms with Crippen LogP contribution < -0.4 is 0 Å². The van der Waals surface area contributed by atoms with Gasteiger partial charge in [-0.15, -0.1) is 0 Å². The lowest BCUT2D eigenvalue weighted by molar-refractivity contribution is -0.281. The fourth-order valence-corrected chi connectivity index (χ4v) is 6.73. The predicted octanol–water partition coefficient (Wildman–Crippen LogP) is 4.38. The fourth-order valence-electron chi connectivity index (χ4n) is 6.73. The molecule has 218 valence electrons. The minimum Gasteiger partial charge on any atom is -0.459 e. The quantitative estimate of drug-likeness (QED) is 0.139. The van der Waals surface area contributed by atoms with E-state index in [1.807, 2.05) is 6.92 Å². The van der Waals surface area contributed by atoms with Gasteiger partial charge in [0.05, 0.1) is 12.2 Å². The van der Waals surface area contributed by atoms with Crippen LogP contribution in [0.3, 0.4) is 0 Å². The first-order valence-electron chi connectivity index (χ1n) is 13.8. The zero-order valence-corrected chi connectivity index (χ0v) is 24.2. The molecule has 0 aromatic carbocycles. The molecule has 3 rings (SSSR count). The van der Waals surface area contributed by atoms with E-state index in [1.165, 1.54) is 20.8 Å². The second kappa shape index (κ2) is 12.4. The minimum atomic E-state index is -1.27. The molecule has 1 heterocycles. The molecular formula is C30H44O9. The molecule has 9 atom stereocenters. The Kier molecular flexibility index (Phi) is 9.83. The molecule has 9 heteroatoms. The first-order valence-corrected chi connectivity index (χ1v) is 13.8. The number of aliphatic hydroxyl groups is 1. The summed E-state index contributed by atoms with van der Waals surface area (Å²) in [6, 6.07) is 0. The normalized spacial score (nSPS) is 37.7. The maximum atomic E-state index is 12.6. The molecule has 2 aliphatic carbocycles. The van der Waals surface area contributed by atoms with E-state index in [1.54, 1.807) is 12.2 Å². The van der Waals surface area contributed by atoms with Crippen molar-refractivity contribution in [3.8, 4) is 0 Å². The maximum absolute atomic E-state index is 12.6. The van der Waals surface area contributed by atoms with Crippen molar-refractivity contribution in [3.63, 3.8) is 0 Å². The van der Waals surface area contributed by atoms with Crippen LogP contribution in [0.25, 0.3) is 0 Å². The standard InChI is InChI=1S/C30H44O9/c1-9-11-14-35-25-18(4)29(8,13-12-17(3)10-2)24-16-22(34)15-23-27(37-20(6)32)39-28(38-21(7)33)30(23,24)26(25)36-19(5)31/h10,12,15,18,22,24-28,34H,2,9,11,13-14,16H2,1,3-8H3/b17-12+/t18-,22+,24+,25-,26+,27+,28-,29-,30-/m1/s1. The maximum Gasteiger partial charge on any atom is 0.305 e. The molecule has 0 unspecified atom stereocenters. The lowest BCUT2D eigenvalue weighted by Gasteiger charge is -2.62. The van der Waals surface area contributed by atoms with Crippen molar-refractivity contribution < 1.29 is 43.2 Å². The summed E-state index contributed by atoms with van der Waals surface area (Å²) in [4.78, 5) is 37.1. The second-order valence-electron chi connectivity index (χ2n) is 11.3. The summed E-state index contributed by atoms with van der Waals surface area (Å²) >= 11 is 0. The number of carbonyl (C=O) groups excluding carboxylic acids is 3. The number of hydrogen-bond donors (Lipinski definition) is 1. The predicted molar refractivity (Wildman–Crippen MR) is 143 cm³/mol. The van der Waals surface area contributed by atoms with Crippen LogP contribution in [0.2, 0.25) is 0 Å². The van der Waals surface area contributed by atoms with Gasteiger partial charge in [-0.1, -0.05) is 51.5 Å². The van der Waals surface area contributed by atoms with Crippen LogP contribution in [0.4, 0.5) is 0 Å². The van der Waals surface area contributed by atoms with Gasteiger partial charge in [-0.25, -0.2) is 0 Å². The van der Waals surface area contributed by atoms with Crippen LogP contribution in [-0.4, -0.2) is 60.5 Å². The van der Waals surface area contributed by atoms with Crippen molar-refractivity contribution in [1.29, 1.82) is 0 Å². The Morgan fingerprint density at radius 3 is 2.33 bits per heavy atom. The van der Waals surface area contributed by atoms with E-state index in [4.69, 9.17) is 23.7 Å². The molecule has 0 aromatic heterocycles. The first kappa shape index (κ1) is 31.0. The van der Waals surface area contributed by atoms with Gasteiger partial charge in [-0.3, -0.25) is 19.1 Å². The number of carbonyl (C=O) groups is 3. The Morgan fingerprint density at radius 1 is 1.13 bits per heavy atom. The van der Waals surface area contributed by atoms with Crippen LogP contribution in [-0.2, 0) is 38.1 Å². The van der Waals surface area contributed by atoms with Gasteiger partial charge in [-0.05, 0) is 49.5 Å². The fraction of sp³-hybridized carbons (Fsp3) is 0.700. The summed E-state index contributed by atoms with van der Waals surface area (Å²) in [6.07, 6.45) is 3.15. The molecule has 39 heavy (non-hydrogen) atoms. The summed E-state index contributed by atoms with van der Waals surface area (Å²) in [5.41, 5.74) is -0.409. The van der Waals surface area contributed by atoms with Gasteiger partial charge in [0.1, 0.15) is 11.5 Å². The highest BCUT2D eigenvalue weighted by molar-refractivity contribution is 5.68. The smallest absolute Gasteiger partial charge is 0.305 e. The number of rotatable bonds is 10. The van der Waals surface area contributed by atoms with Crippen LogP contribution in [0, 0.1) is 22.7 Å². The number of hydrogen-bond acceptors (Lipinski definition) is 9. The molecule has 1 saturated heterocycles. The molecule has 1 saturated carbocycles. The highest BCUT2D eigenvalue weighted by Gasteiger charge is 2.75. The third-order valence-electron chi connectivity index (χ3n) is 8.75. The zero-order chi connectivity index (χ0) is 29.1. The molecule has 1 N–H and O–H groups in total. The van der Waals surface area contributed by atoms with Crippen molar-refractivity contribution >= 4 is 17.9 Å². The monoisotopic (exact) mass is 548 g/mol. The van der Waals surface area contributed by atoms with E-state index in [-0.39, 0.29) is 5.92 Å². The van der Waals surface area contributed by atoms with Crippen LogP contribution in [0.15, 0.2) is 36.0 Å². The van der Waals surface area contributed by atoms with Crippen LogP contribution >= 0.6 is 0 Å². The van der Waals surface area contributed by atoms with E-state index in [9.17, 15) is 19.5 Å². The van der Waals surface area contributed by atoms with Crippen LogP contribution in [0.5, 0.6) is 0 Å². The summed E-state index contributed by atoms with van der Waals surface area (Å²) in [7, 11) is 0. The van der Waals surface area contributed by atoms with E-state index >= 15 is 0 Å². The molecule has 1 aliphatic heterocycles. The minimum absolute atomic E-state index is 0.152. The lowest BCUT2D eigenvalue weighted by Crippen LogP contribution is -2.69. The highest BCUT2D eigenvalue weighted by atomic mass is 16.8. The van der Waals surface area contributed by atoms with Gasteiger partial charge < -0.3 is 24.1 Å².